The van der Waals surface area contributed by atoms with E-state index >= 15 is 0 Å². The van der Waals surface area contributed by atoms with Crippen LogP contribution in [-0.4, -0.2) is 0 Å². The van der Waals surface area contributed by atoms with Gasteiger partial charge in [0.15, 0.2) is 0 Å². The standard InChI is InChI=1S/C2HNO/c1-2-3-4/h1H. The van der Waals surface area contributed by atoms with Crippen molar-refractivity contribution in [3.05, 3.63) is 4.91 Å². The van der Waals surface area contributed by atoms with Crippen molar-refractivity contribution in [2.45, 2.75) is 0 Å². The fraction of sp³-hybridized carbons (Fsp3) is 0. The molecule has 0 amide bonds. The Bertz CT molecular complexity index is 51.5. The molecule has 20 valence electrons. The van der Waals surface area contributed by atoms with E-state index in [0.717, 1.165) is 0 Å². The van der Waals surface area contributed by atoms with E-state index in [9.17, 15) is 0 Å². The third-order valence-electron chi connectivity index (χ3n) is 0.0527. The summed E-state index contributed by atoms with van der Waals surface area (Å²) < 4.78 is 0. The Hall–Kier alpha value is -0.840. The first-order chi connectivity index (χ1) is 1.91. The third kappa shape index (κ3) is 1.16. The van der Waals surface area contributed by atoms with Crippen molar-refractivity contribution in [3.63, 3.8) is 0 Å². The molecule has 0 fully saturated rings. The highest BCUT2D eigenvalue weighted by atomic mass is 16.2. The van der Waals surface area contributed by atoms with Crippen LogP contribution < -0.4 is 0 Å². The van der Waals surface area contributed by atoms with E-state index in [0.29, 0.717) is 0 Å². The van der Waals surface area contributed by atoms with Crippen LogP contribution in [0.15, 0.2) is 5.18 Å². The van der Waals surface area contributed by atoms with Crippen molar-refractivity contribution in [1.29, 1.82) is 0 Å². The van der Waals surface area contributed by atoms with Gasteiger partial charge >= 0.3 is 0 Å². The molecule has 0 radical (unpaired) electrons. The first-order valence-electron chi connectivity index (χ1n) is 0.695. The van der Waals surface area contributed by atoms with Crippen LogP contribution in [0.25, 0.3) is 0 Å². The predicted molar refractivity (Wildman–Crippen MR) is 14.6 cm³/mol. The molecule has 0 spiro atoms. The summed E-state index contributed by atoms with van der Waals surface area (Å²) in [7, 11) is 0. The zero-order valence-corrected chi connectivity index (χ0v) is 1.93. The third-order valence-corrected chi connectivity index (χ3v) is 0.0527. The van der Waals surface area contributed by atoms with Gasteiger partial charge in [0.2, 0.25) is 0 Å². The average molecular weight is 55.0 g/mol. The number of rotatable bonds is 0. The zero-order chi connectivity index (χ0) is 3.41. The number of hydrogen-bond acceptors (Lipinski definition) is 2. The quantitative estimate of drug-likeness (QED) is 0.290. The van der Waals surface area contributed by atoms with Gasteiger partial charge in [0.05, 0.1) is 6.04 Å². The lowest BCUT2D eigenvalue weighted by Gasteiger charge is -1.31. The van der Waals surface area contributed by atoms with Gasteiger partial charge in [0.1, 0.15) is 0 Å². The fourth-order valence-corrected chi connectivity index (χ4v) is 0. The average Bonchev–Trinajstić information content (AvgIpc) is 1.37. The normalized spacial score (nSPS) is 3.75. The highest BCUT2D eigenvalue weighted by Gasteiger charge is 1.34. The Balaban J connectivity index is 2.92. The smallest absolute Gasteiger partial charge is 0.0770 e. The lowest BCUT2D eigenvalue weighted by atomic mass is 11.2. The second-order valence-electron chi connectivity index (χ2n) is 0.220. The van der Waals surface area contributed by atoms with E-state index in [2.05, 4.69) is 6.42 Å². The summed E-state index contributed by atoms with van der Waals surface area (Å²) in [6.45, 7) is 0. The van der Waals surface area contributed by atoms with Crippen LogP contribution in [0.4, 0.5) is 0 Å². The van der Waals surface area contributed by atoms with Gasteiger partial charge < -0.3 is 0 Å². The van der Waals surface area contributed by atoms with Crippen molar-refractivity contribution in [3.8, 4) is 12.5 Å². The molecule has 0 atom stereocenters. The van der Waals surface area contributed by atoms with Gasteiger partial charge in [-0.2, -0.15) is 0 Å². The van der Waals surface area contributed by atoms with E-state index in [1.165, 1.54) is 6.04 Å². The molecule has 2 heteroatoms. The van der Waals surface area contributed by atoms with Crippen LogP contribution in [0.5, 0.6) is 0 Å². The molecule has 0 saturated heterocycles. The molecule has 0 aliphatic heterocycles. The molecule has 0 aliphatic rings. The molecule has 0 N–H and O–H groups in total. The molecule has 0 aliphatic carbocycles. The highest BCUT2D eigenvalue weighted by Crippen LogP contribution is 1.41. The van der Waals surface area contributed by atoms with Gasteiger partial charge in [-0.25, -0.2) is 0 Å². The summed E-state index contributed by atoms with van der Waals surface area (Å²) >= 11 is 0. The molecule has 0 bridgehead atoms. The van der Waals surface area contributed by atoms with E-state index in [1.807, 2.05) is 5.18 Å². The van der Waals surface area contributed by atoms with Crippen LogP contribution in [-0.2, 0) is 0 Å². The Labute approximate surface area is 23.8 Å². The Morgan fingerprint density at radius 1 is 2.00 bits per heavy atom. The molecule has 4 heavy (non-hydrogen) atoms. The number of hydrogen-bond donors (Lipinski definition) is 0. The fourth-order valence-electron chi connectivity index (χ4n) is 0. The summed E-state index contributed by atoms with van der Waals surface area (Å²) in [5.41, 5.74) is 0. The van der Waals surface area contributed by atoms with Crippen molar-refractivity contribution >= 4 is 0 Å². The lowest BCUT2D eigenvalue weighted by molar-refractivity contribution is 1.66. The summed E-state index contributed by atoms with van der Waals surface area (Å²) in [4.78, 5) is 8.69. The lowest BCUT2D eigenvalue weighted by Crippen LogP contribution is -1.24. The molecule has 0 unspecified atom stereocenters. The van der Waals surface area contributed by atoms with Gasteiger partial charge in [-0.15, -0.1) is 4.91 Å². The largest absolute Gasteiger partial charge is 0.135 e. The van der Waals surface area contributed by atoms with Crippen LogP contribution in [0.3, 0.4) is 0 Å². The number of nitrogens with zero attached hydrogens (tertiary/aromatic N) is 1. The van der Waals surface area contributed by atoms with E-state index in [1.54, 1.807) is 0 Å². The first-order valence-corrected chi connectivity index (χ1v) is 0.695. The molecule has 0 rings (SSSR count). The van der Waals surface area contributed by atoms with Gasteiger partial charge in [-0.1, -0.05) is 6.42 Å². The van der Waals surface area contributed by atoms with Crippen LogP contribution in [0, 0.1) is 17.4 Å². The topological polar surface area (TPSA) is 29.4 Å². The maximum Gasteiger partial charge on any atom is 0.0770 e. The van der Waals surface area contributed by atoms with Crippen molar-refractivity contribution in [2.24, 2.45) is 5.18 Å². The Morgan fingerprint density at radius 2 is 2.25 bits per heavy atom. The van der Waals surface area contributed by atoms with E-state index in [4.69, 9.17) is 4.91 Å². The maximum absolute atomic E-state index is 8.69. The minimum atomic E-state index is 1.50. The van der Waals surface area contributed by atoms with Crippen LogP contribution >= 0.6 is 0 Å². The van der Waals surface area contributed by atoms with Gasteiger partial charge in [0.25, 0.3) is 0 Å². The Kier molecular flexibility index (Phi) is 1.71. The Morgan fingerprint density at radius 3 is 2.25 bits per heavy atom. The van der Waals surface area contributed by atoms with Crippen LogP contribution in [0.1, 0.15) is 0 Å². The molecule has 0 saturated carbocycles. The number of terminal acetylenes is 1. The predicted octanol–water partition coefficient (Wildman–Crippen LogP) is 0.344. The van der Waals surface area contributed by atoms with Gasteiger partial charge in [-0.3, -0.25) is 0 Å². The van der Waals surface area contributed by atoms with Crippen molar-refractivity contribution in [2.75, 3.05) is 0 Å². The summed E-state index contributed by atoms with van der Waals surface area (Å²) in [5.74, 6) is 0. The summed E-state index contributed by atoms with van der Waals surface area (Å²) in [6, 6.07) is 1.50. The molecule has 0 aromatic carbocycles. The molecular weight excluding hydrogens is 54.0 g/mol. The van der Waals surface area contributed by atoms with E-state index < -0.39 is 0 Å². The molecule has 0 heterocycles. The second kappa shape index (κ2) is 2.16. The first kappa shape index (κ1) is 3.16. The SMILES string of the molecule is C#CN=O. The molecule has 2 nitrogen and oxygen atoms in total. The van der Waals surface area contributed by atoms with Crippen molar-refractivity contribution < 1.29 is 0 Å². The van der Waals surface area contributed by atoms with E-state index in [-0.39, 0.29) is 0 Å². The number of nitroso groups, excluding NO2 is 1. The molecule has 0 aromatic heterocycles. The molecule has 0 aromatic rings. The van der Waals surface area contributed by atoms with Gasteiger partial charge in [-0.05, 0) is 0 Å². The summed E-state index contributed by atoms with van der Waals surface area (Å²) in [5, 5.41) is 2.01. The highest BCUT2D eigenvalue weighted by molar-refractivity contribution is 4.77. The monoisotopic (exact) mass is 55.0 g/mol. The minimum absolute atomic E-state index is 1.50. The zero-order valence-electron chi connectivity index (χ0n) is 1.93. The second-order valence-corrected chi connectivity index (χ2v) is 0.220. The molecular formula is C2HNO. The van der Waals surface area contributed by atoms with Gasteiger partial charge in [0, 0.05) is 5.18 Å². The minimum Gasteiger partial charge on any atom is -0.135 e. The van der Waals surface area contributed by atoms with Crippen molar-refractivity contribution in [1.82, 2.24) is 0 Å². The maximum atomic E-state index is 8.69. The van der Waals surface area contributed by atoms with Crippen LogP contribution in [0.2, 0.25) is 0 Å². The summed E-state index contributed by atoms with van der Waals surface area (Å²) in [6.07, 6.45) is 4.30.